The van der Waals surface area contributed by atoms with Gasteiger partial charge in [0, 0.05) is 11.9 Å². The maximum Gasteiger partial charge on any atom is 0.137 e. The number of para-hydroxylation sites is 1. The van der Waals surface area contributed by atoms with Gasteiger partial charge in [-0.15, -0.1) is 12.4 Å². The van der Waals surface area contributed by atoms with Gasteiger partial charge < -0.3 is 5.32 Å². The van der Waals surface area contributed by atoms with Crippen molar-refractivity contribution in [1.82, 2.24) is 9.97 Å². The maximum atomic E-state index is 4.30. The van der Waals surface area contributed by atoms with Crippen molar-refractivity contribution in [3.05, 3.63) is 66.5 Å². The number of hydrogen-bond donors (Lipinski definition) is 1. The summed E-state index contributed by atoms with van der Waals surface area (Å²) in [4.78, 5) is 8.55. The number of hydrogen-bond acceptors (Lipinski definition) is 3. The first-order valence-electron chi connectivity index (χ1n) is 5.91. The zero-order valence-electron chi connectivity index (χ0n) is 10.3. The lowest BCUT2D eigenvalue weighted by Crippen LogP contribution is -2.02. The Kier molecular flexibility index (Phi) is 4.31. The molecule has 3 rings (SSSR count). The molecule has 0 saturated carbocycles. The molecule has 0 saturated heterocycles. The van der Waals surface area contributed by atoms with Gasteiger partial charge >= 0.3 is 0 Å². The van der Waals surface area contributed by atoms with Crippen molar-refractivity contribution < 1.29 is 0 Å². The van der Waals surface area contributed by atoms with Crippen LogP contribution in [0.4, 0.5) is 5.82 Å². The van der Waals surface area contributed by atoms with Crippen LogP contribution in [0.1, 0.15) is 5.56 Å². The fraction of sp³-hybridized carbons (Fsp3) is 0.0667. The number of fused-ring (bicyclic) bond motifs is 1. The Balaban J connectivity index is 0.00000133. The summed E-state index contributed by atoms with van der Waals surface area (Å²) in [5, 5.41) is 4.40. The van der Waals surface area contributed by atoms with E-state index in [0.717, 1.165) is 23.3 Å². The fourth-order valence-electron chi connectivity index (χ4n) is 1.93. The lowest BCUT2D eigenvalue weighted by atomic mass is 10.2. The third-order valence-corrected chi connectivity index (χ3v) is 2.85. The molecule has 4 heteroatoms. The smallest absolute Gasteiger partial charge is 0.137 e. The second-order valence-corrected chi connectivity index (χ2v) is 4.08. The normalized spacial score (nSPS) is 9.89. The van der Waals surface area contributed by atoms with Gasteiger partial charge in [0.25, 0.3) is 0 Å². The van der Waals surface area contributed by atoms with E-state index in [1.165, 1.54) is 5.56 Å². The van der Waals surface area contributed by atoms with E-state index < -0.39 is 0 Å². The zero-order chi connectivity index (χ0) is 12.2. The molecule has 0 atom stereocenters. The second-order valence-electron chi connectivity index (χ2n) is 4.08. The largest absolute Gasteiger partial charge is 0.365 e. The van der Waals surface area contributed by atoms with Crippen LogP contribution in [-0.4, -0.2) is 9.97 Å². The van der Waals surface area contributed by atoms with Gasteiger partial charge in [0.1, 0.15) is 12.1 Å². The number of nitrogens with one attached hydrogen (secondary N) is 1. The molecule has 0 aliphatic heterocycles. The first kappa shape index (κ1) is 13.3. The minimum Gasteiger partial charge on any atom is -0.365 e. The van der Waals surface area contributed by atoms with E-state index in [4.69, 9.17) is 0 Å². The molecular formula is C15H14ClN3. The van der Waals surface area contributed by atoms with E-state index in [-0.39, 0.29) is 12.4 Å². The van der Waals surface area contributed by atoms with Crippen LogP contribution in [0.3, 0.4) is 0 Å². The highest BCUT2D eigenvalue weighted by molar-refractivity contribution is 5.88. The van der Waals surface area contributed by atoms with Gasteiger partial charge in [-0.3, -0.25) is 0 Å². The van der Waals surface area contributed by atoms with Gasteiger partial charge in [-0.1, -0.05) is 42.5 Å². The average molecular weight is 272 g/mol. The highest BCUT2D eigenvalue weighted by Crippen LogP contribution is 2.18. The molecule has 1 aromatic heterocycles. The number of rotatable bonds is 3. The minimum absolute atomic E-state index is 0. The molecule has 0 spiro atoms. The first-order valence-corrected chi connectivity index (χ1v) is 5.91. The molecule has 0 amide bonds. The van der Waals surface area contributed by atoms with E-state index in [1.54, 1.807) is 6.33 Å². The van der Waals surface area contributed by atoms with Gasteiger partial charge in [0.15, 0.2) is 0 Å². The van der Waals surface area contributed by atoms with Crippen molar-refractivity contribution in [2.45, 2.75) is 6.54 Å². The maximum absolute atomic E-state index is 4.30. The molecule has 0 radical (unpaired) electrons. The second kappa shape index (κ2) is 6.16. The van der Waals surface area contributed by atoms with E-state index in [2.05, 4.69) is 27.4 Å². The van der Waals surface area contributed by atoms with Gasteiger partial charge in [-0.25, -0.2) is 9.97 Å². The summed E-state index contributed by atoms with van der Waals surface area (Å²) in [6.45, 7) is 0.766. The third kappa shape index (κ3) is 3.01. The molecule has 3 nitrogen and oxygen atoms in total. The van der Waals surface area contributed by atoms with Crippen LogP contribution in [-0.2, 0) is 6.54 Å². The van der Waals surface area contributed by atoms with Crippen LogP contribution in [0.5, 0.6) is 0 Å². The van der Waals surface area contributed by atoms with Gasteiger partial charge in [-0.2, -0.15) is 0 Å². The van der Waals surface area contributed by atoms with Crippen molar-refractivity contribution in [3.63, 3.8) is 0 Å². The van der Waals surface area contributed by atoms with E-state index >= 15 is 0 Å². The van der Waals surface area contributed by atoms with Crippen LogP contribution in [0.2, 0.25) is 0 Å². The lowest BCUT2D eigenvalue weighted by Gasteiger charge is -2.07. The van der Waals surface area contributed by atoms with Crippen LogP contribution >= 0.6 is 12.4 Å². The third-order valence-electron chi connectivity index (χ3n) is 2.85. The predicted octanol–water partition coefficient (Wildman–Crippen LogP) is 3.66. The Labute approximate surface area is 118 Å². The molecule has 0 aliphatic carbocycles. The number of anilines is 1. The molecule has 0 unspecified atom stereocenters. The van der Waals surface area contributed by atoms with Gasteiger partial charge in [-0.05, 0) is 17.7 Å². The molecule has 0 aliphatic rings. The average Bonchev–Trinajstić information content (AvgIpc) is 2.46. The Morgan fingerprint density at radius 2 is 1.58 bits per heavy atom. The summed E-state index contributed by atoms with van der Waals surface area (Å²) in [6, 6.07) is 18.3. The molecular weight excluding hydrogens is 258 g/mol. The number of aromatic nitrogens is 2. The summed E-state index contributed by atoms with van der Waals surface area (Å²) in [5.74, 6) is 0.879. The molecule has 1 N–H and O–H groups in total. The monoisotopic (exact) mass is 271 g/mol. The van der Waals surface area contributed by atoms with Crippen molar-refractivity contribution in [1.29, 1.82) is 0 Å². The van der Waals surface area contributed by atoms with Crippen molar-refractivity contribution >= 4 is 29.1 Å². The first-order chi connectivity index (χ1) is 8.93. The Morgan fingerprint density at radius 1 is 0.842 bits per heavy atom. The van der Waals surface area contributed by atoms with Gasteiger partial charge in [0.2, 0.25) is 0 Å². The molecule has 96 valence electrons. The SMILES string of the molecule is Cl.c1ccc(CNc2ncnc3ccccc23)cc1. The topological polar surface area (TPSA) is 37.8 Å². The number of nitrogens with zero attached hydrogens (tertiary/aromatic N) is 2. The number of halogens is 1. The highest BCUT2D eigenvalue weighted by atomic mass is 35.5. The molecule has 19 heavy (non-hydrogen) atoms. The molecule has 0 bridgehead atoms. The van der Waals surface area contributed by atoms with Crippen LogP contribution in [0.25, 0.3) is 10.9 Å². The molecule has 1 heterocycles. The molecule has 2 aromatic carbocycles. The summed E-state index contributed by atoms with van der Waals surface area (Å²) < 4.78 is 0. The Bertz CT molecular complexity index is 650. The summed E-state index contributed by atoms with van der Waals surface area (Å²) in [6.07, 6.45) is 1.59. The predicted molar refractivity (Wildman–Crippen MR) is 80.6 cm³/mol. The molecule has 3 aromatic rings. The van der Waals surface area contributed by atoms with Crippen LogP contribution < -0.4 is 5.32 Å². The van der Waals surface area contributed by atoms with Gasteiger partial charge in [0.05, 0.1) is 5.52 Å². The standard InChI is InChI=1S/C15H13N3.ClH/c1-2-6-12(7-3-1)10-16-15-13-8-4-5-9-14(13)17-11-18-15;/h1-9,11H,10H2,(H,16,17,18);1H. The Hall–Kier alpha value is -2.13. The number of benzene rings is 2. The zero-order valence-corrected chi connectivity index (χ0v) is 11.1. The highest BCUT2D eigenvalue weighted by Gasteiger charge is 2.01. The van der Waals surface area contributed by atoms with E-state index in [9.17, 15) is 0 Å². The quantitative estimate of drug-likeness (QED) is 0.790. The van der Waals surface area contributed by atoms with Crippen molar-refractivity contribution in [2.75, 3.05) is 5.32 Å². The van der Waals surface area contributed by atoms with Crippen LogP contribution in [0.15, 0.2) is 60.9 Å². The summed E-state index contributed by atoms with van der Waals surface area (Å²) in [5.41, 5.74) is 2.20. The van der Waals surface area contributed by atoms with Crippen LogP contribution in [0, 0.1) is 0 Å². The van der Waals surface area contributed by atoms with E-state index in [0.29, 0.717) is 0 Å². The molecule has 0 fully saturated rings. The van der Waals surface area contributed by atoms with Crippen molar-refractivity contribution in [3.8, 4) is 0 Å². The summed E-state index contributed by atoms with van der Waals surface area (Å²) in [7, 11) is 0. The summed E-state index contributed by atoms with van der Waals surface area (Å²) >= 11 is 0. The fourth-order valence-corrected chi connectivity index (χ4v) is 1.93. The van der Waals surface area contributed by atoms with E-state index in [1.807, 2.05) is 42.5 Å². The lowest BCUT2D eigenvalue weighted by molar-refractivity contribution is 1.10. The van der Waals surface area contributed by atoms with Crippen molar-refractivity contribution in [2.24, 2.45) is 0 Å². The minimum atomic E-state index is 0. The Morgan fingerprint density at radius 3 is 2.42 bits per heavy atom.